The summed E-state index contributed by atoms with van der Waals surface area (Å²) in [6.07, 6.45) is 12.7. The Morgan fingerprint density at radius 1 is 1.00 bits per heavy atom. The van der Waals surface area contributed by atoms with E-state index in [0.29, 0.717) is 19.3 Å². The predicted octanol–water partition coefficient (Wildman–Crippen LogP) is 2.15. The third-order valence-corrected chi connectivity index (χ3v) is 4.50. The highest BCUT2D eigenvalue weighted by Crippen LogP contribution is 2.17. The fraction of sp³-hybridized carbons (Fsp3) is 0.619. The molecule has 148 valence electrons. The van der Waals surface area contributed by atoms with Crippen LogP contribution < -0.4 is 0 Å². The molecule has 0 amide bonds. The molecule has 5 heteroatoms. The van der Waals surface area contributed by atoms with Gasteiger partial charge in [-0.2, -0.15) is 0 Å². The third-order valence-electron chi connectivity index (χ3n) is 4.50. The molecule has 5 unspecified atom stereocenters. The van der Waals surface area contributed by atoms with Crippen molar-refractivity contribution in [3.05, 3.63) is 48.1 Å². The average molecular weight is 366 g/mol. The van der Waals surface area contributed by atoms with Gasteiger partial charge in [-0.1, -0.05) is 55.9 Å². The van der Waals surface area contributed by atoms with Gasteiger partial charge in [-0.25, -0.2) is 0 Å². The van der Waals surface area contributed by atoms with Gasteiger partial charge in [0.25, 0.3) is 0 Å². The van der Waals surface area contributed by atoms with Crippen molar-refractivity contribution in [1.82, 2.24) is 0 Å². The van der Waals surface area contributed by atoms with E-state index in [1.807, 2.05) is 25.2 Å². The van der Waals surface area contributed by atoms with Crippen LogP contribution in [0.25, 0.3) is 0 Å². The molecule has 26 heavy (non-hydrogen) atoms. The lowest BCUT2D eigenvalue weighted by atomic mass is 9.99. The van der Waals surface area contributed by atoms with Gasteiger partial charge in [0.2, 0.25) is 0 Å². The smallest absolute Gasteiger partial charge is 0.112 e. The first-order valence-corrected chi connectivity index (χ1v) is 9.56. The van der Waals surface area contributed by atoms with Crippen LogP contribution in [0.2, 0.25) is 0 Å². The largest absolute Gasteiger partial charge is 0.390 e. The van der Waals surface area contributed by atoms with Gasteiger partial charge in [0, 0.05) is 0 Å². The van der Waals surface area contributed by atoms with Crippen LogP contribution in [0.15, 0.2) is 48.1 Å². The zero-order valence-electron chi connectivity index (χ0n) is 15.6. The highest BCUT2D eigenvalue weighted by atomic mass is 16.4. The number of aliphatic hydroxyl groups excluding tert-OH is 5. The molecule has 1 rings (SSSR count). The van der Waals surface area contributed by atoms with Gasteiger partial charge in [0.05, 0.1) is 12.2 Å². The standard InChI is InChI=1S/C21H34O5/c1-2-11-18(23)20(25)21(26)19(24)15-10-5-3-4-9-14-17(22)16-12-7-6-8-13-16/h6-7,9-10,12,14-15,17-26H,2-5,8,11,13H2,1H3. The van der Waals surface area contributed by atoms with Crippen molar-refractivity contribution in [1.29, 1.82) is 0 Å². The highest BCUT2D eigenvalue weighted by Gasteiger charge is 2.28. The summed E-state index contributed by atoms with van der Waals surface area (Å²) < 4.78 is 0. The van der Waals surface area contributed by atoms with E-state index in [0.717, 1.165) is 31.3 Å². The Morgan fingerprint density at radius 3 is 2.31 bits per heavy atom. The first-order chi connectivity index (χ1) is 12.5. The minimum Gasteiger partial charge on any atom is -0.390 e. The van der Waals surface area contributed by atoms with Crippen LogP contribution in [0, 0.1) is 0 Å². The first-order valence-electron chi connectivity index (χ1n) is 9.56. The van der Waals surface area contributed by atoms with Gasteiger partial charge < -0.3 is 25.5 Å². The van der Waals surface area contributed by atoms with Crippen molar-refractivity contribution in [3.8, 4) is 0 Å². The Hall–Kier alpha value is -1.24. The van der Waals surface area contributed by atoms with Gasteiger partial charge in [-0.05, 0) is 44.1 Å². The Morgan fingerprint density at radius 2 is 1.69 bits per heavy atom. The minimum atomic E-state index is -1.40. The summed E-state index contributed by atoms with van der Waals surface area (Å²) >= 11 is 0. The topological polar surface area (TPSA) is 101 Å². The van der Waals surface area contributed by atoms with Crippen molar-refractivity contribution in [2.45, 2.75) is 82.4 Å². The second-order valence-corrected chi connectivity index (χ2v) is 6.77. The molecule has 0 aromatic heterocycles. The molecule has 0 aromatic rings. The van der Waals surface area contributed by atoms with Crippen LogP contribution in [0.5, 0.6) is 0 Å². The van der Waals surface area contributed by atoms with Crippen LogP contribution in [0.3, 0.4) is 0 Å². The molecule has 0 heterocycles. The van der Waals surface area contributed by atoms with Gasteiger partial charge in [0.1, 0.15) is 18.3 Å². The zero-order chi connectivity index (χ0) is 19.4. The second kappa shape index (κ2) is 13.0. The normalized spacial score (nSPS) is 20.9. The molecule has 0 spiro atoms. The second-order valence-electron chi connectivity index (χ2n) is 6.77. The van der Waals surface area contributed by atoms with Crippen LogP contribution >= 0.6 is 0 Å². The molecule has 0 aromatic carbocycles. The van der Waals surface area contributed by atoms with E-state index >= 15 is 0 Å². The zero-order valence-corrected chi connectivity index (χ0v) is 15.6. The van der Waals surface area contributed by atoms with Crippen molar-refractivity contribution >= 4 is 0 Å². The van der Waals surface area contributed by atoms with E-state index < -0.39 is 30.5 Å². The summed E-state index contributed by atoms with van der Waals surface area (Å²) in [7, 11) is 0. The van der Waals surface area contributed by atoms with E-state index in [-0.39, 0.29) is 0 Å². The molecular formula is C21H34O5. The number of hydrogen-bond donors (Lipinski definition) is 5. The number of rotatable bonds is 12. The fourth-order valence-electron chi connectivity index (χ4n) is 2.82. The average Bonchev–Trinajstić information content (AvgIpc) is 2.66. The monoisotopic (exact) mass is 366 g/mol. The Kier molecular flexibility index (Phi) is 11.4. The van der Waals surface area contributed by atoms with E-state index in [1.165, 1.54) is 6.08 Å². The van der Waals surface area contributed by atoms with Crippen LogP contribution in [-0.2, 0) is 0 Å². The van der Waals surface area contributed by atoms with Gasteiger partial charge >= 0.3 is 0 Å². The molecular weight excluding hydrogens is 332 g/mol. The van der Waals surface area contributed by atoms with Crippen molar-refractivity contribution in [2.24, 2.45) is 0 Å². The van der Waals surface area contributed by atoms with Crippen molar-refractivity contribution in [2.75, 3.05) is 0 Å². The fourth-order valence-corrected chi connectivity index (χ4v) is 2.82. The summed E-state index contributed by atoms with van der Waals surface area (Å²) in [5.74, 6) is 0. The van der Waals surface area contributed by atoms with Gasteiger partial charge in [-0.15, -0.1) is 0 Å². The molecule has 5 atom stereocenters. The van der Waals surface area contributed by atoms with Crippen LogP contribution in [0.4, 0.5) is 0 Å². The van der Waals surface area contributed by atoms with E-state index in [4.69, 9.17) is 0 Å². The summed E-state index contributed by atoms with van der Waals surface area (Å²) in [6, 6.07) is 0. The first kappa shape index (κ1) is 22.8. The van der Waals surface area contributed by atoms with Crippen LogP contribution in [-0.4, -0.2) is 56.1 Å². The van der Waals surface area contributed by atoms with Gasteiger partial charge in [0.15, 0.2) is 0 Å². The molecule has 0 saturated carbocycles. The van der Waals surface area contributed by atoms with Crippen molar-refractivity contribution < 1.29 is 25.5 Å². The molecule has 5 N–H and O–H groups in total. The molecule has 0 saturated heterocycles. The molecule has 0 aliphatic heterocycles. The van der Waals surface area contributed by atoms with Gasteiger partial charge in [-0.3, -0.25) is 0 Å². The Bertz CT molecular complexity index is 495. The summed E-state index contributed by atoms with van der Waals surface area (Å²) in [4.78, 5) is 0. The Labute approximate surface area is 156 Å². The lowest BCUT2D eigenvalue weighted by molar-refractivity contribution is -0.0948. The lowest BCUT2D eigenvalue weighted by Gasteiger charge is -2.24. The summed E-state index contributed by atoms with van der Waals surface area (Å²) in [5.41, 5.74) is 1.03. The Balaban J connectivity index is 2.24. The van der Waals surface area contributed by atoms with Crippen LogP contribution in [0.1, 0.15) is 51.9 Å². The van der Waals surface area contributed by atoms with E-state index in [1.54, 1.807) is 12.2 Å². The number of aliphatic hydroxyl groups is 5. The minimum absolute atomic E-state index is 0.375. The van der Waals surface area contributed by atoms with E-state index in [2.05, 4.69) is 6.08 Å². The maximum absolute atomic E-state index is 10.0. The number of allylic oxidation sites excluding steroid dienone is 5. The van der Waals surface area contributed by atoms with E-state index in [9.17, 15) is 25.5 Å². The number of unbranched alkanes of at least 4 members (excludes halogenated alkanes) is 2. The summed E-state index contributed by atoms with van der Waals surface area (Å²) in [5, 5.41) is 49.2. The lowest BCUT2D eigenvalue weighted by Crippen LogP contribution is -2.43. The summed E-state index contributed by atoms with van der Waals surface area (Å²) in [6.45, 7) is 1.87. The quantitative estimate of drug-likeness (QED) is 0.269. The predicted molar refractivity (Wildman–Crippen MR) is 104 cm³/mol. The SMILES string of the molecule is CCCC(O)C(O)C(O)C(O)C=CCCCC=CC(O)C1=CC=CCC1. The maximum atomic E-state index is 10.0. The third kappa shape index (κ3) is 8.43. The molecule has 1 aliphatic rings. The molecule has 0 radical (unpaired) electrons. The maximum Gasteiger partial charge on any atom is 0.112 e. The molecule has 0 fully saturated rings. The molecule has 0 bridgehead atoms. The highest BCUT2D eigenvalue weighted by molar-refractivity contribution is 5.24. The van der Waals surface area contributed by atoms with Crippen molar-refractivity contribution in [3.63, 3.8) is 0 Å². The molecule has 5 nitrogen and oxygen atoms in total. The number of hydrogen-bond acceptors (Lipinski definition) is 5. The molecule has 1 aliphatic carbocycles.